The van der Waals surface area contributed by atoms with Gasteiger partial charge in [0.25, 0.3) is 0 Å². The lowest BCUT2D eigenvalue weighted by Gasteiger charge is -2.03. The highest BCUT2D eigenvalue weighted by Gasteiger charge is 2.12. The van der Waals surface area contributed by atoms with Gasteiger partial charge in [0.05, 0.1) is 19.9 Å². The smallest absolute Gasteiger partial charge is 0.305 e. The van der Waals surface area contributed by atoms with Crippen molar-refractivity contribution in [2.24, 2.45) is 5.92 Å². The molecule has 5 heteroatoms. The highest BCUT2D eigenvalue weighted by molar-refractivity contribution is 6.68. The molecule has 0 fully saturated rings. The van der Waals surface area contributed by atoms with Gasteiger partial charge in [0, 0.05) is 0 Å². The van der Waals surface area contributed by atoms with Crippen LogP contribution in [0.3, 0.4) is 0 Å². The van der Waals surface area contributed by atoms with E-state index in [1.165, 1.54) is 0 Å². The number of hydrogen-bond donors (Lipinski definition) is 1. The fourth-order valence-corrected chi connectivity index (χ4v) is 2.25. The minimum absolute atomic E-state index is 0.285. The fraction of sp³-hybridized carbons (Fsp3) is 0.800. The normalized spacial score (nSPS) is 14.8. The molecule has 0 aliphatic heterocycles. The van der Waals surface area contributed by atoms with Gasteiger partial charge in [0.1, 0.15) is 0 Å². The molecule has 0 aliphatic rings. The number of carboxylic acid groups (broad SMARTS) is 1. The van der Waals surface area contributed by atoms with Crippen LogP contribution in [0, 0.1) is 5.92 Å². The Hall–Kier alpha value is 0.267. The van der Waals surface area contributed by atoms with Crippen molar-refractivity contribution >= 4 is 38.7 Å². The van der Waals surface area contributed by atoms with Crippen molar-refractivity contribution in [1.82, 2.24) is 0 Å². The summed E-state index contributed by atoms with van der Waals surface area (Å²) < 4.78 is -0.304. The maximum absolute atomic E-state index is 10.2. The van der Waals surface area contributed by atoms with Gasteiger partial charge >= 0.3 is 5.97 Å². The molecule has 0 aromatic rings. The number of carboxylic acids is 1. The van der Waals surface area contributed by atoms with Gasteiger partial charge in [-0.05, 0) is 6.04 Å². The van der Waals surface area contributed by atoms with Gasteiger partial charge in [0.15, 0.2) is 0 Å². The van der Waals surface area contributed by atoms with Crippen LogP contribution in [0.4, 0.5) is 0 Å². The van der Waals surface area contributed by atoms with E-state index in [9.17, 15) is 4.79 Å². The van der Waals surface area contributed by atoms with Crippen molar-refractivity contribution in [1.29, 1.82) is 0 Å². The van der Waals surface area contributed by atoms with Crippen LogP contribution < -0.4 is 0 Å². The van der Waals surface area contributed by atoms with Crippen LogP contribution in [-0.2, 0) is 4.79 Å². The molecule has 60 valence electrons. The summed E-state index contributed by atoms with van der Waals surface area (Å²) in [6.45, 7) is 1.67. The molecule has 0 bridgehead atoms. The lowest BCUT2D eigenvalue weighted by Crippen LogP contribution is -2.14. The molecule has 0 saturated carbocycles. The first kappa shape index (κ1) is 10.3. The number of halogens is 2. The van der Waals surface area contributed by atoms with Crippen LogP contribution in [0.25, 0.3) is 0 Å². The molecule has 0 aliphatic carbocycles. The molecular formula is C5H10Cl2O2Si. The molecule has 2 nitrogen and oxygen atoms in total. The summed E-state index contributed by atoms with van der Waals surface area (Å²) in [4.78, 5) is 10.2. The Morgan fingerprint density at radius 1 is 1.70 bits per heavy atom. The Morgan fingerprint density at radius 2 is 2.20 bits per heavy atom. The lowest BCUT2D eigenvalue weighted by molar-refractivity contribution is -0.140. The van der Waals surface area contributed by atoms with Crippen molar-refractivity contribution in [3.05, 3.63) is 0 Å². The number of hydrogen-bond acceptors (Lipinski definition) is 1. The van der Waals surface area contributed by atoms with E-state index < -0.39 is 15.5 Å². The topological polar surface area (TPSA) is 37.3 Å². The minimum Gasteiger partial charge on any atom is -0.481 e. The van der Waals surface area contributed by atoms with E-state index in [2.05, 4.69) is 0 Å². The Morgan fingerprint density at radius 3 is 2.50 bits per heavy atom. The average molecular weight is 201 g/mol. The summed E-state index contributed by atoms with van der Waals surface area (Å²) in [7, 11) is -0.594. The SMILES string of the molecule is CC(C[SiH2]C(Cl)Cl)C(=O)O. The molecule has 1 unspecified atom stereocenters. The second-order valence-electron chi connectivity index (χ2n) is 2.21. The van der Waals surface area contributed by atoms with Gasteiger partial charge < -0.3 is 5.11 Å². The molecule has 0 heterocycles. The highest BCUT2D eigenvalue weighted by atomic mass is 35.5. The van der Waals surface area contributed by atoms with Gasteiger partial charge in [-0.3, -0.25) is 4.79 Å². The largest absolute Gasteiger partial charge is 0.481 e. The van der Waals surface area contributed by atoms with Crippen LogP contribution >= 0.6 is 23.2 Å². The Kier molecular flexibility index (Phi) is 5.12. The van der Waals surface area contributed by atoms with Crippen LogP contribution in [0.2, 0.25) is 6.04 Å². The highest BCUT2D eigenvalue weighted by Crippen LogP contribution is 2.07. The molecule has 0 rings (SSSR count). The summed E-state index contributed by atoms with van der Waals surface area (Å²) in [5.41, 5.74) is 0. The van der Waals surface area contributed by atoms with E-state index in [0.29, 0.717) is 6.04 Å². The molecule has 10 heavy (non-hydrogen) atoms. The second kappa shape index (κ2) is 4.99. The van der Waals surface area contributed by atoms with Gasteiger partial charge in [-0.1, -0.05) is 6.92 Å². The van der Waals surface area contributed by atoms with Crippen LogP contribution in [0.1, 0.15) is 6.92 Å². The van der Waals surface area contributed by atoms with E-state index in [1.807, 2.05) is 0 Å². The summed E-state index contributed by atoms with van der Waals surface area (Å²) in [6.07, 6.45) is 0. The molecule has 0 aromatic heterocycles. The zero-order valence-corrected chi connectivity index (χ0v) is 8.61. The maximum atomic E-state index is 10.2. The lowest BCUT2D eigenvalue weighted by atomic mass is 10.2. The predicted molar refractivity (Wildman–Crippen MR) is 45.6 cm³/mol. The Labute approximate surface area is 72.3 Å². The third-order valence-corrected chi connectivity index (χ3v) is 4.18. The minimum atomic E-state index is -0.763. The number of aliphatic carboxylic acids is 1. The maximum Gasteiger partial charge on any atom is 0.305 e. The van der Waals surface area contributed by atoms with Crippen molar-refractivity contribution < 1.29 is 9.90 Å². The molecular weight excluding hydrogens is 191 g/mol. The molecule has 0 radical (unpaired) electrons. The van der Waals surface area contributed by atoms with E-state index in [1.54, 1.807) is 6.92 Å². The van der Waals surface area contributed by atoms with E-state index >= 15 is 0 Å². The summed E-state index contributed by atoms with van der Waals surface area (Å²) in [5, 5.41) is 8.43. The quantitative estimate of drug-likeness (QED) is 0.545. The molecule has 0 spiro atoms. The molecule has 0 amide bonds. The zero-order valence-electron chi connectivity index (χ0n) is 5.68. The summed E-state index contributed by atoms with van der Waals surface area (Å²) in [5.74, 6) is -1.05. The first-order chi connectivity index (χ1) is 4.54. The van der Waals surface area contributed by atoms with Crippen molar-refractivity contribution in [3.63, 3.8) is 0 Å². The van der Waals surface area contributed by atoms with Crippen molar-refractivity contribution in [3.8, 4) is 0 Å². The predicted octanol–water partition coefficient (Wildman–Crippen LogP) is 1.06. The Balaban J connectivity index is 3.40. The average Bonchev–Trinajstić information content (AvgIpc) is 1.82. The number of rotatable bonds is 4. The van der Waals surface area contributed by atoms with Crippen LogP contribution in [0.15, 0.2) is 0 Å². The number of carbonyl (C=O) groups is 1. The van der Waals surface area contributed by atoms with Gasteiger partial charge in [0.2, 0.25) is 0 Å². The van der Waals surface area contributed by atoms with Crippen molar-refractivity contribution in [2.45, 2.75) is 17.4 Å². The van der Waals surface area contributed by atoms with Gasteiger partial charge in [-0.2, -0.15) is 0 Å². The fourth-order valence-electron chi connectivity index (χ4n) is 0.499. The summed E-state index contributed by atoms with van der Waals surface area (Å²) in [6, 6.07) is 0.674. The van der Waals surface area contributed by atoms with Crippen LogP contribution in [0.5, 0.6) is 0 Å². The first-order valence-electron chi connectivity index (χ1n) is 3.05. The Bertz CT molecular complexity index is 118. The van der Waals surface area contributed by atoms with E-state index in [-0.39, 0.29) is 10.4 Å². The molecule has 1 N–H and O–H groups in total. The molecule has 1 atom stereocenters. The monoisotopic (exact) mass is 200 g/mol. The first-order valence-corrected chi connectivity index (χ1v) is 5.74. The van der Waals surface area contributed by atoms with Gasteiger partial charge in [-0.15, -0.1) is 23.2 Å². The third-order valence-electron chi connectivity index (χ3n) is 1.24. The molecule has 0 saturated heterocycles. The molecule has 0 aromatic carbocycles. The second-order valence-corrected chi connectivity index (χ2v) is 6.49. The van der Waals surface area contributed by atoms with Gasteiger partial charge in [-0.25, -0.2) is 0 Å². The third kappa shape index (κ3) is 5.08. The van der Waals surface area contributed by atoms with Crippen LogP contribution in [-0.4, -0.2) is 25.1 Å². The van der Waals surface area contributed by atoms with E-state index in [4.69, 9.17) is 28.3 Å². The van der Waals surface area contributed by atoms with E-state index in [0.717, 1.165) is 0 Å². The zero-order chi connectivity index (χ0) is 8.15. The van der Waals surface area contributed by atoms with Crippen molar-refractivity contribution in [2.75, 3.05) is 0 Å². The standard InChI is InChI=1S/C5H10Cl2O2Si/c1-3(4(8)9)2-10-5(6)7/h3,5H,2,10H2,1H3,(H,8,9). The summed E-state index contributed by atoms with van der Waals surface area (Å²) >= 11 is 10.9. The number of alkyl halides is 2.